The van der Waals surface area contributed by atoms with E-state index in [9.17, 15) is 13.2 Å². The van der Waals surface area contributed by atoms with Crippen LogP contribution in [-0.4, -0.2) is 0 Å². The largest absolute Gasteiger partial charge is 0.204 e. The van der Waals surface area contributed by atoms with E-state index in [1.165, 1.54) is 19.3 Å². The monoisotopic (exact) mass is 254 g/mol. The molecule has 1 aromatic rings. The molecule has 0 unspecified atom stereocenters. The van der Waals surface area contributed by atoms with Gasteiger partial charge in [-0.3, -0.25) is 0 Å². The smallest absolute Gasteiger partial charge is 0.194 e. The summed E-state index contributed by atoms with van der Waals surface area (Å²) in [5.74, 6) is 1.67. The van der Waals surface area contributed by atoms with Crippen LogP contribution >= 0.6 is 0 Å². The Morgan fingerprint density at radius 3 is 2.17 bits per heavy atom. The predicted molar refractivity (Wildman–Crippen MR) is 66.6 cm³/mol. The summed E-state index contributed by atoms with van der Waals surface area (Å²) in [7, 11) is 0. The lowest BCUT2D eigenvalue weighted by Crippen LogP contribution is -1.91. The molecule has 0 aliphatic carbocycles. The van der Waals surface area contributed by atoms with Crippen LogP contribution in [0, 0.1) is 29.3 Å². The molecule has 98 valence electrons. The molecule has 0 nitrogen and oxygen atoms in total. The van der Waals surface area contributed by atoms with Gasteiger partial charge >= 0.3 is 0 Å². The van der Waals surface area contributed by atoms with Crippen molar-refractivity contribution in [2.75, 3.05) is 0 Å². The second-order valence-electron chi connectivity index (χ2n) is 4.22. The molecule has 0 bridgehead atoms. The van der Waals surface area contributed by atoms with Crippen LogP contribution < -0.4 is 0 Å². The molecule has 18 heavy (non-hydrogen) atoms. The Morgan fingerprint density at radius 1 is 0.944 bits per heavy atom. The molecule has 1 aromatic carbocycles. The van der Waals surface area contributed by atoms with E-state index < -0.39 is 17.5 Å². The maximum absolute atomic E-state index is 12.9. The lowest BCUT2D eigenvalue weighted by molar-refractivity contribution is 0.446. The first-order chi connectivity index (χ1) is 8.65. The Kier molecular flexibility index (Phi) is 6.35. The first-order valence-electron chi connectivity index (χ1n) is 6.28. The molecule has 0 radical (unpaired) electrons. The van der Waals surface area contributed by atoms with Gasteiger partial charge in [0.2, 0.25) is 0 Å². The minimum absolute atomic E-state index is 0.181. The standard InChI is InChI=1S/C15H17F3/c1-2-3-4-5-6-7-8-9-12-10-13(16)15(18)14(17)11-12/h10-11H,2-7H2,1H3. The van der Waals surface area contributed by atoms with Crippen molar-refractivity contribution in [1.82, 2.24) is 0 Å². The minimum atomic E-state index is -1.44. The van der Waals surface area contributed by atoms with Gasteiger partial charge < -0.3 is 0 Å². The van der Waals surface area contributed by atoms with Crippen LogP contribution in [0.4, 0.5) is 13.2 Å². The zero-order valence-corrected chi connectivity index (χ0v) is 10.5. The van der Waals surface area contributed by atoms with Crippen LogP contribution in [0.25, 0.3) is 0 Å². The van der Waals surface area contributed by atoms with E-state index in [0.29, 0.717) is 6.42 Å². The molecule has 0 spiro atoms. The highest BCUT2D eigenvalue weighted by atomic mass is 19.2. The normalized spacial score (nSPS) is 10.0. The molecule has 0 heterocycles. The van der Waals surface area contributed by atoms with Crippen LogP contribution in [0.1, 0.15) is 51.0 Å². The molecule has 0 saturated heterocycles. The van der Waals surface area contributed by atoms with E-state index in [0.717, 1.165) is 25.0 Å². The molecule has 0 aromatic heterocycles. The molecule has 1 rings (SSSR count). The Morgan fingerprint density at radius 2 is 1.56 bits per heavy atom. The van der Waals surface area contributed by atoms with Crippen molar-refractivity contribution in [2.24, 2.45) is 0 Å². The van der Waals surface area contributed by atoms with Gasteiger partial charge in [0, 0.05) is 12.0 Å². The summed E-state index contributed by atoms with van der Waals surface area (Å²) in [6.07, 6.45) is 6.41. The van der Waals surface area contributed by atoms with Crippen molar-refractivity contribution in [3.8, 4) is 11.8 Å². The van der Waals surface area contributed by atoms with E-state index in [1.54, 1.807) is 0 Å². The van der Waals surface area contributed by atoms with Gasteiger partial charge in [0.15, 0.2) is 17.5 Å². The predicted octanol–water partition coefficient (Wildman–Crippen LogP) is 4.82. The summed E-state index contributed by atoms with van der Waals surface area (Å²) < 4.78 is 38.4. The van der Waals surface area contributed by atoms with Crippen molar-refractivity contribution in [3.05, 3.63) is 35.1 Å². The number of rotatable bonds is 5. The number of hydrogen-bond donors (Lipinski definition) is 0. The van der Waals surface area contributed by atoms with Crippen LogP contribution in [-0.2, 0) is 0 Å². The van der Waals surface area contributed by atoms with Crippen molar-refractivity contribution >= 4 is 0 Å². The van der Waals surface area contributed by atoms with E-state index in [2.05, 4.69) is 18.8 Å². The van der Waals surface area contributed by atoms with Crippen LogP contribution in [0.3, 0.4) is 0 Å². The summed E-state index contributed by atoms with van der Waals surface area (Å²) in [6, 6.07) is 1.84. The average Bonchev–Trinajstić information content (AvgIpc) is 2.34. The molecule has 0 saturated carbocycles. The third-order valence-corrected chi connectivity index (χ3v) is 2.62. The summed E-state index contributed by atoms with van der Waals surface area (Å²) in [5, 5.41) is 0. The third-order valence-electron chi connectivity index (χ3n) is 2.62. The summed E-state index contributed by atoms with van der Waals surface area (Å²) in [5.41, 5.74) is 0.181. The molecule has 0 N–H and O–H groups in total. The first-order valence-corrected chi connectivity index (χ1v) is 6.28. The lowest BCUT2D eigenvalue weighted by Gasteiger charge is -1.96. The van der Waals surface area contributed by atoms with Gasteiger partial charge in [0.1, 0.15) is 0 Å². The zero-order chi connectivity index (χ0) is 13.4. The number of hydrogen-bond acceptors (Lipinski definition) is 0. The van der Waals surface area contributed by atoms with Gasteiger partial charge in [-0.15, -0.1) is 0 Å². The van der Waals surface area contributed by atoms with Crippen molar-refractivity contribution in [1.29, 1.82) is 0 Å². The second kappa shape index (κ2) is 7.81. The Balaban J connectivity index is 2.43. The van der Waals surface area contributed by atoms with Crippen LogP contribution in [0.5, 0.6) is 0 Å². The quantitative estimate of drug-likeness (QED) is 0.401. The van der Waals surface area contributed by atoms with Gasteiger partial charge in [-0.25, -0.2) is 13.2 Å². The van der Waals surface area contributed by atoms with E-state index in [4.69, 9.17) is 0 Å². The maximum atomic E-state index is 12.9. The minimum Gasteiger partial charge on any atom is -0.204 e. The highest BCUT2D eigenvalue weighted by molar-refractivity contribution is 5.35. The van der Waals surface area contributed by atoms with Crippen molar-refractivity contribution < 1.29 is 13.2 Å². The molecule has 0 amide bonds. The van der Waals surface area contributed by atoms with Crippen LogP contribution in [0.15, 0.2) is 12.1 Å². The van der Waals surface area contributed by atoms with Gasteiger partial charge in [0.25, 0.3) is 0 Å². The molecule has 0 aliphatic heterocycles. The van der Waals surface area contributed by atoms with Gasteiger partial charge in [-0.1, -0.05) is 44.4 Å². The molecule has 0 aliphatic rings. The summed E-state index contributed by atoms with van der Waals surface area (Å²) in [4.78, 5) is 0. The van der Waals surface area contributed by atoms with Gasteiger partial charge in [-0.05, 0) is 18.6 Å². The van der Waals surface area contributed by atoms with Crippen molar-refractivity contribution in [2.45, 2.75) is 45.4 Å². The molecule has 0 fully saturated rings. The molecular formula is C15H17F3. The van der Waals surface area contributed by atoms with E-state index >= 15 is 0 Å². The van der Waals surface area contributed by atoms with Gasteiger partial charge in [-0.2, -0.15) is 0 Å². The fourth-order valence-electron chi connectivity index (χ4n) is 1.61. The average molecular weight is 254 g/mol. The topological polar surface area (TPSA) is 0 Å². The highest BCUT2D eigenvalue weighted by Gasteiger charge is 2.08. The number of benzene rings is 1. The molecule has 0 atom stereocenters. The summed E-state index contributed by atoms with van der Waals surface area (Å²) >= 11 is 0. The first kappa shape index (κ1) is 14.6. The van der Waals surface area contributed by atoms with E-state index in [1.807, 2.05) is 0 Å². The second-order valence-corrected chi connectivity index (χ2v) is 4.22. The fourth-order valence-corrected chi connectivity index (χ4v) is 1.61. The number of halogens is 3. The van der Waals surface area contributed by atoms with Crippen molar-refractivity contribution in [3.63, 3.8) is 0 Å². The fraction of sp³-hybridized carbons (Fsp3) is 0.467. The molecular weight excluding hydrogens is 237 g/mol. The number of unbranched alkanes of at least 4 members (excludes halogenated alkanes) is 5. The Bertz CT molecular complexity index is 418. The lowest BCUT2D eigenvalue weighted by atomic mass is 10.1. The zero-order valence-electron chi connectivity index (χ0n) is 10.5. The van der Waals surface area contributed by atoms with E-state index in [-0.39, 0.29) is 5.56 Å². The SMILES string of the molecule is CCCCCCCC#Cc1cc(F)c(F)c(F)c1. The van der Waals surface area contributed by atoms with Gasteiger partial charge in [0.05, 0.1) is 0 Å². The molecule has 3 heteroatoms. The Hall–Kier alpha value is -1.43. The maximum Gasteiger partial charge on any atom is 0.194 e. The van der Waals surface area contributed by atoms with Crippen LogP contribution in [0.2, 0.25) is 0 Å². The summed E-state index contributed by atoms with van der Waals surface area (Å²) in [6.45, 7) is 2.15. The highest BCUT2D eigenvalue weighted by Crippen LogP contribution is 2.12. The third kappa shape index (κ3) is 4.83. The Labute approximate surface area is 106 Å².